The monoisotopic (exact) mass is 381 g/mol. The van der Waals surface area contributed by atoms with E-state index in [0.717, 1.165) is 17.7 Å². The van der Waals surface area contributed by atoms with Crippen LogP contribution in [0.5, 0.6) is 0 Å². The van der Waals surface area contributed by atoms with Gasteiger partial charge in [0, 0.05) is 30.5 Å². The third-order valence-electron chi connectivity index (χ3n) is 3.53. The molecule has 1 aromatic heterocycles. The van der Waals surface area contributed by atoms with E-state index < -0.39 is 17.8 Å². The number of carboxylic acids is 1. The highest BCUT2D eigenvalue weighted by Crippen LogP contribution is 2.14. The Morgan fingerprint density at radius 3 is 2.39 bits per heavy atom. The maximum Gasteiger partial charge on any atom is 0.303 e. The molecule has 9 heteroatoms. The normalized spacial score (nSPS) is 10.9. The van der Waals surface area contributed by atoms with E-state index >= 15 is 0 Å². The first-order chi connectivity index (χ1) is 13.5. The molecular weight excluding hydrogens is 362 g/mol. The lowest BCUT2D eigenvalue weighted by Crippen LogP contribution is -2.14. The summed E-state index contributed by atoms with van der Waals surface area (Å²) in [5, 5.41) is 17.3. The van der Waals surface area contributed by atoms with Crippen LogP contribution in [0.15, 0.2) is 59.8 Å². The average Bonchev–Trinajstić information content (AvgIpc) is 2.67. The minimum absolute atomic E-state index is 0.0806. The maximum atomic E-state index is 12.0. The van der Waals surface area contributed by atoms with Crippen LogP contribution in [-0.2, 0) is 20.8 Å². The van der Waals surface area contributed by atoms with Crippen LogP contribution in [0.4, 0.5) is 11.5 Å². The summed E-state index contributed by atoms with van der Waals surface area (Å²) < 4.78 is 0. The van der Waals surface area contributed by atoms with Crippen molar-refractivity contribution in [3.63, 3.8) is 0 Å². The number of carbonyl (C=O) groups excluding carboxylic acids is 2. The van der Waals surface area contributed by atoms with Gasteiger partial charge in [-0.2, -0.15) is 5.10 Å². The number of aromatic nitrogens is 1. The molecule has 0 unspecified atom stereocenters. The third-order valence-corrected chi connectivity index (χ3v) is 3.53. The van der Waals surface area contributed by atoms with Crippen molar-refractivity contribution in [1.82, 2.24) is 4.98 Å². The third kappa shape index (κ3) is 6.71. The summed E-state index contributed by atoms with van der Waals surface area (Å²) in [5.41, 5.74) is 1.92. The molecule has 0 aliphatic rings. The Kier molecular flexibility index (Phi) is 7.41. The molecule has 144 valence electrons. The smallest absolute Gasteiger partial charge is 0.303 e. The van der Waals surface area contributed by atoms with Gasteiger partial charge in [0.15, 0.2) is 0 Å². The number of hydrogen-bond donors (Lipinski definition) is 4. The summed E-state index contributed by atoms with van der Waals surface area (Å²) in [5.74, 6) is 3.34. The molecule has 1 aromatic carbocycles. The van der Waals surface area contributed by atoms with Gasteiger partial charge >= 0.3 is 5.97 Å². The highest BCUT2D eigenvalue weighted by atomic mass is 16.4. The number of aliphatic carboxylic acids is 1. The van der Waals surface area contributed by atoms with Crippen LogP contribution >= 0.6 is 0 Å². The fraction of sp³-hybridized carbons (Fsp3) is 0.105. The minimum atomic E-state index is -0.943. The number of carbonyl (C=O) groups is 3. The topological polar surface area (TPSA) is 147 Å². The highest BCUT2D eigenvalue weighted by molar-refractivity contribution is 6.06. The number of carboxylic acid groups (broad SMARTS) is 1. The molecule has 5 N–H and O–H groups in total. The number of nitrogens with two attached hydrogens (primary N) is 1. The van der Waals surface area contributed by atoms with E-state index in [0.29, 0.717) is 11.3 Å². The molecule has 0 fully saturated rings. The number of benzene rings is 1. The Hall–Kier alpha value is -4.01. The van der Waals surface area contributed by atoms with Crippen LogP contribution in [0.2, 0.25) is 0 Å². The lowest BCUT2D eigenvalue weighted by atomic mass is 10.1. The zero-order valence-corrected chi connectivity index (χ0v) is 14.8. The molecule has 0 bridgehead atoms. The van der Waals surface area contributed by atoms with Gasteiger partial charge in [-0.1, -0.05) is 18.2 Å². The second-order valence-electron chi connectivity index (χ2n) is 5.62. The van der Waals surface area contributed by atoms with E-state index in [1.54, 1.807) is 36.4 Å². The second-order valence-corrected chi connectivity index (χ2v) is 5.62. The van der Waals surface area contributed by atoms with E-state index in [1.807, 2.05) is 0 Å². The summed E-state index contributed by atoms with van der Waals surface area (Å²) in [6.45, 7) is 0. The van der Waals surface area contributed by atoms with E-state index in [-0.39, 0.29) is 18.7 Å². The summed E-state index contributed by atoms with van der Waals surface area (Å²) in [6, 6.07) is 10.1. The molecule has 9 nitrogen and oxygen atoms in total. The van der Waals surface area contributed by atoms with Crippen molar-refractivity contribution in [1.29, 1.82) is 0 Å². The number of amides is 2. The number of aryl methyl sites for hydroxylation is 1. The number of nitrogens with zero attached hydrogens (tertiary/aromatic N) is 2. The van der Waals surface area contributed by atoms with Crippen molar-refractivity contribution < 1.29 is 19.5 Å². The number of anilines is 2. The molecule has 0 aliphatic carbocycles. The quantitative estimate of drug-likeness (QED) is 0.236. The second kappa shape index (κ2) is 10.2. The first-order valence-electron chi connectivity index (χ1n) is 8.27. The zero-order valence-electron chi connectivity index (χ0n) is 14.8. The Morgan fingerprint density at radius 1 is 1.07 bits per heavy atom. The number of nitrogens with one attached hydrogen (secondary N) is 2. The Bertz CT molecular complexity index is 907. The average molecular weight is 381 g/mol. The lowest BCUT2D eigenvalue weighted by molar-refractivity contribution is -0.137. The molecule has 0 aliphatic heterocycles. The molecule has 0 atom stereocenters. The molecule has 2 amide bonds. The van der Waals surface area contributed by atoms with Gasteiger partial charge < -0.3 is 21.6 Å². The largest absolute Gasteiger partial charge is 0.481 e. The van der Waals surface area contributed by atoms with Crippen LogP contribution in [0, 0.1) is 0 Å². The standard InChI is InChI=1S/C19H19N5O4/c20-22-12-13-3-6-15(7-4-13)23-16(25)8-9-17(26)24-19-14(2-1-11-21-19)5-10-18(27)28/h1-4,6-9,11-12H,5,10,20H2,(H,23,25)(H,27,28)(H,21,24,26)/b9-8+,22-12?. The van der Waals surface area contributed by atoms with Crippen LogP contribution in [0.3, 0.4) is 0 Å². The lowest BCUT2D eigenvalue weighted by Gasteiger charge is -2.07. The summed E-state index contributed by atoms with van der Waals surface area (Å²) in [4.78, 5) is 38.7. The van der Waals surface area contributed by atoms with Crippen LogP contribution < -0.4 is 16.5 Å². The summed E-state index contributed by atoms with van der Waals surface area (Å²) in [6.07, 6.45) is 5.26. The van der Waals surface area contributed by atoms with Gasteiger partial charge in [-0.3, -0.25) is 14.4 Å². The Morgan fingerprint density at radius 2 is 1.75 bits per heavy atom. The van der Waals surface area contributed by atoms with Crippen LogP contribution in [0.25, 0.3) is 0 Å². The fourth-order valence-corrected chi connectivity index (χ4v) is 2.23. The van der Waals surface area contributed by atoms with E-state index in [4.69, 9.17) is 10.9 Å². The van der Waals surface area contributed by atoms with Crippen molar-refractivity contribution in [3.05, 3.63) is 65.9 Å². The molecule has 0 spiro atoms. The molecule has 0 saturated heterocycles. The molecule has 1 heterocycles. The number of pyridine rings is 1. The van der Waals surface area contributed by atoms with Crippen molar-refractivity contribution >= 4 is 35.5 Å². The molecule has 0 saturated carbocycles. The Labute approximate surface area is 161 Å². The highest BCUT2D eigenvalue weighted by Gasteiger charge is 2.08. The zero-order chi connectivity index (χ0) is 20.4. The Balaban J connectivity index is 1.92. The number of hydrogen-bond acceptors (Lipinski definition) is 6. The summed E-state index contributed by atoms with van der Waals surface area (Å²) >= 11 is 0. The fourth-order valence-electron chi connectivity index (χ4n) is 2.23. The van der Waals surface area contributed by atoms with Gasteiger partial charge in [-0.25, -0.2) is 4.98 Å². The van der Waals surface area contributed by atoms with Gasteiger partial charge in [0.1, 0.15) is 5.82 Å². The number of hydrazone groups is 1. The molecule has 28 heavy (non-hydrogen) atoms. The van der Waals surface area contributed by atoms with Gasteiger partial charge in [-0.15, -0.1) is 0 Å². The minimum Gasteiger partial charge on any atom is -0.481 e. The van der Waals surface area contributed by atoms with Gasteiger partial charge in [0.2, 0.25) is 11.8 Å². The molecule has 2 rings (SSSR count). The van der Waals surface area contributed by atoms with Crippen LogP contribution in [-0.4, -0.2) is 34.1 Å². The molecular formula is C19H19N5O4. The van der Waals surface area contributed by atoms with Gasteiger partial charge in [-0.05, 0) is 35.7 Å². The molecule has 0 radical (unpaired) electrons. The predicted octanol–water partition coefficient (Wildman–Crippen LogP) is 1.52. The SMILES string of the molecule is NN=Cc1ccc(NC(=O)/C=C/C(=O)Nc2ncccc2CCC(=O)O)cc1. The van der Waals surface area contributed by atoms with E-state index in [1.165, 1.54) is 12.4 Å². The predicted molar refractivity (Wildman–Crippen MR) is 105 cm³/mol. The number of rotatable bonds is 8. The first kappa shape index (κ1) is 20.3. The summed E-state index contributed by atoms with van der Waals surface area (Å²) in [7, 11) is 0. The van der Waals surface area contributed by atoms with Crippen molar-refractivity contribution in [2.45, 2.75) is 12.8 Å². The molecule has 2 aromatic rings. The van der Waals surface area contributed by atoms with Gasteiger partial charge in [0.05, 0.1) is 6.21 Å². The van der Waals surface area contributed by atoms with Crippen molar-refractivity contribution in [3.8, 4) is 0 Å². The maximum absolute atomic E-state index is 12.0. The van der Waals surface area contributed by atoms with Crippen LogP contribution in [0.1, 0.15) is 17.5 Å². The van der Waals surface area contributed by atoms with Crippen molar-refractivity contribution in [2.75, 3.05) is 10.6 Å². The van der Waals surface area contributed by atoms with Gasteiger partial charge in [0.25, 0.3) is 0 Å². The van der Waals surface area contributed by atoms with E-state index in [2.05, 4.69) is 20.7 Å². The first-order valence-corrected chi connectivity index (χ1v) is 8.27. The van der Waals surface area contributed by atoms with Crippen molar-refractivity contribution in [2.24, 2.45) is 10.9 Å². The van der Waals surface area contributed by atoms with E-state index in [9.17, 15) is 14.4 Å².